The summed E-state index contributed by atoms with van der Waals surface area (Å²) in [6.45, 7) is 6.93. The molecule has 6 aromatic carbocycles. The summed E-state index contributed by atoms with van der Waals surface area (Å²) in [5, 5.41) is 8.07. The van der Waals surface area contributed by atoms with Gasteiger partial charge in [-0.1, -0.05) is 110 Å². The van der Waals surface area contributed by atoms with Gasteiger partial charge in [0.15, 0.2) is 0 Å². The summed E-state index contributed by atoms with van der Waals surface area (Å²) in [5.74, 6) is 0. The molecular weight excluding hydrogens is 420 g/mol. The molecule has 0 saturated heterocycles. The molecule has 0 aliphatic heterocycles. The summed E-state index contributed by atoms with van der Waals surface area (Å²) >= 11 is 0. The highest BCUT2D eigenvalue weighted by Gasteiger charge is 2.36. The van der Waals surface area contributed by atoms with Gasteiger partial charge in [-0.2, -0.15) is 0 Å². The van der Waals surface area contributed by atoms with E-state index >= 15 is 0 Å². The van der Waals surface area contributed by atoms with Crippen LogP contribution >= 0.6 is 0 Å². The Balaban J connectivity index is 1.50. The molecule has 1 aliphatic carbocycles. The number of hydrogen-bond acceptors (Lipinski definition) is 0. The molecule has 0 heteroatoms. The first-order chi connectivity index (χ1) is 17.0. The molecule has 1 aliphatic rings. The maximum Gasteiger partial charge on any atom is 0.0159 e. The summed E-state index contributed by atoms with van der Waals surface area (Å²) in [7, 11) is 0. The summed E-state index contributed by atoms with van der Waals surface area (Å²) in [6, 6.07) is 38.7. The molecule has 0 bridgehead atoms. The number of benzene rings is 6. The van der Waals surface area contributed by atoms with Crippen molar-refractivity contribution in [3.63, 3.8) is 0 Å². The van der Waals surface area contributed by atoms with Gasteiger partial charge in [0.1, 0.15) is 0 Å². The van der Waals surface area contributed by atoms with Crippen molar-refractivity contribution >= 4 is 32.3 Å². The van der Waals surface area contributed by atoms with E-state index in [1.807, 2.05) is 0 Å². The molecular formula is C35H28. The zero-order valence-electron chi connectivity index (χ0n) is 20.5. The van der Waals surface area contributed by atoms with E-state index in [-0.39, 0.29) is 5.41 Å². The molecule has 0 N–H and O–H groups in total. The maximum absolute atomic E-state index is 2.49. The Kier molecular flexibility index (Phi) is 4.27. The summed E-state index contributed by atoms with van der Waals surface area (Å²) in [5.41, 5.74) is 9.71. The quantitative estimate of drug-likeness (QED) is 0.231. The van der Waals surface area contributed by atoms with Crippen molar-refractivity contribution in [3.8, 4) is 11.1 Å². The smallest absolute Gasteiger partial charge is 0.0159 e. The van der Waals surface area contributed by atoms with Crippen LogP contribution in [0.3, 0.4) is 0 Å². The van der Waals surface area contributed by atoms with E-state index in [9.17, 15) is 0 Å². The second-order valence-corrected chi connectivity index (χ2v) is 10.7. The van der Waals surface area contributed by atoms with Crippen LogP contribution in [-0.2, 0) is 11.8 Å². The number of aryl methyl sites for hydroxylation is 1. The van der Waals surface area contributed by atoms with Crippen molar-refractivity contribution in [1.82, 2.24) is 0 Å². The molecule has 0 nitrogen and oxygen atoms in total. The molecule has 0 saturated carbocycles. The topological polar surface area (TPSA) is 0 Å². The molecule has 168 valence electrons. The minimum absolute atomic E-state index is 0.0204. The van der Waals surface area contributed by atoms with Crippen LogP contribution < -0.4 is 0 Å². The van der Waals surface area contributed by atoms with E-state index in [2.05, 4.69) is 124 Å². The predicted octanol–water partition coefficient (Wildman–Crippen LogP) is 9.35. The monoisotopic (exact) mass is 448 g/mol. The van der Waals surface area contributed by atoms with Crippen LogP contribution in [-0.4, -0.2) is 0 Å². The number of fused-ring (bicyclic) bond motifs is 9. The van der Waals surface area contributed by atoms with Gasteiger partial charge >= 0.3 is 0 Å². The second kappa shape index (κ2) is 7.30. The first kappa shape index (κ1) is 20.5. The van der Waals surface area contributed by atoms with E-state index in [4.69, 9.17) is 0 Å². The molecule has 35 heavy (non-hydrogen) atoms. The van der Waals surface area contributed by atoms with Crippen LogP contribution in [0.1, 0.15) is 41.7 Å². The van der Waals surface area contributed by atoms with Crippen molar-refractivity contribution in [2.75, 3.05) is 0 Å². The van der Waals surface area contributed by atoms with Crippen LogP contribution in [0.2, 0.25) is 0 Å². The van der Waals surface area contributed by atoms with E-state index in [0.29, 0.717) is 0 Å². The Morgan fingerprint density at radius 3 is 1.71 bits per heavy atom. The van der Waals surface area contributed by atoms with Crippen LogP contribution in [0.15, 0.2) is 103 Å². The highest BCUT2D eigenvalue weighted by Crippen LogP contribution is 2.51. The number of hydrogen-bond donors (Lipinski definition) is 0. The Morgan fingerprint density at radius 1 is 0.486 bits per heavy atom. The normalized spacial score (nSPS) is 13.9. The molecule has 7 rings (SSSR count). The Labute approximate surface area is 206 Å². The fourth-order valence-electron chi connectivity index (χ4n) is 6.36. The first-order valence-electron chi connectivity index (χ1n) is 12.6. The minimum atomic E-state index is -0.0204. The minimum Gasteiger partial charge on any atom is -0.0617 e. The van der Waals surface area contributed by atoms with Gasteiger partial charge in [0.25, 0.3) is 0 Å². The van der Waals surface area contributed by atoms with Gasteiger partial charge in [-0.15, -0.1) is 0 Å². The van der Waals surface area contributed by atoms with Crippen molar-refractivity contribution in [3.05, 3.63) is 131 Å². The molecule has 0 aromatic heterocycles. The highest BCUT2D eigenvalue weighted by molar-refractivity contribution is 6.26. The first-order valence-corrected chi connectivity index (χ1v) is 12.6. The molecule has 0 atom stereocenters. The summed E-state index contributed by atoms with van der Waals surface area (Å²) in [6.07, 6.45) is 0.964. The standard InChI is InChI=1S/C35H28/c1-22-9-8-10-23(17-22)18-24-15-16-33-31(19-24)32-20-29-27-13-6-4-11-25(27)26-12-5-7-14-28(26)30(29)21-34(32)35(33,2)3/h4-17,19-21H,18H2,1-3H3. The molecule has 0 unspecified atom stereocenters. The van der Waals surface area contributed by atoms with Crippen LogP contribution in [0.25, 0.3) is 43.4 Å². The largest absolute Gasteiger partial charge is 0.0617 e. The van der Waals surface area contributed by atoms with Crippen LogP contribution in [0, 0.1) is 6.92 Å². The fourth-order valence-corrected chi connectivity index (χ4v) is 6.36. The summed E-state index contributed by atoms with van der Waals surface area (Å²) < 4.78 is 0. The molecule has 0 heterocycles. The van der Waals surface area contributed by atoms with Crippen molar-refractivity contribution in [2.45, 2.75) is 32.6 Å². The third kappa shape index (κ3) is 2.99. The van der Waals surface area contributed by atoms with Gasteiger partial charge in [-0.3, -0.25) is 0 Å². The zero-order chi connectivity index (χ0) is 23.7. The third-order valence-electron chi connectivity index (χ3n) is 8.09. The predicted molar refractivity (Wildman–Crippen MR) is 151 cm³/mol. The number of rotatable bonds is 2. The maximum atomic E-state index is 2.49. The van der Waals surface area contributed by atoms with Crippen molar-refractivity contribution in [1.29, 1.82) is 0 Å². The lowest BCUT2D eigenvalue weighted by Gasteiger charge is -2.22. The molecule has 0 spiro atoms. The van der Waals surface area contributed by atoms with Crippen LogP contribution in [0.5, 0.6) is 0 Å². The Morgan fingerprint density at radius 2 is 1.06 bits per heavy atom. The molecule has 0 amide bonds. The molecule has 0 radical (unpaired) electrons. The average molecular weight is 449 g/mol. The van der Waals surface area contributed by atoms with Gasteiger partial charge in [0, 0.05) is 5.41 Å². The second-order valence-electron chi connectivity index (χ2n) is 10.7. The lowest BCUT2D eigenvalue weighted by Crippen LogP contribution is -2.15. The molecule has 6 aromatic rings. The van der Waals surface area contributed by atoms with Crippen molar-refractivity contribution in [2.24, 2.45) is 0 Å². The van der Waals surface area contributed by atoms with E-state index in [1.165, 1.54) is 71.3 Å². The lowest BCUT2D eigenvalue weighted by molar-refractivity contribution is 0.661. The third-order valence-corrected chi connectivity index (χ3v) is 8.09. The van der Waals surface area contributed by atoms with E-state index in [1.54, 1.807) is 0 Å². The molecule has 0 fully saturated rings. The fraction of sp³-hybridized carbons (Fsp3) is 0.143. The van der Waals surface area contributed by atoms with Gasteiger partial charge in [-0.25, -0.2) is 0 Å². The lowest BCUT2D eigenvalue weighted by atomic mass is 9.81. The van der Waals surface area contributed by atoms with Gasteiger partial charge in [-0.05, 0) is 91.2 Å². The SMILES string of the molecule is Cc1cccc(Cc2ccc3c(c2)-c2cc4c5ccccc5c5ccccc5c4cc2C3(C)C)c1. The summed E-state index contributed by atoms with van der Waals surface area (Å²) in [4.78, 5) is 0. The van der Waals surface area contributed by atoms with E-state index in [0.717, 1.165) is 6.42 Å². The van der Waals surface area contributed by atoms with Gasteiger partial charge in [0.2, 0.25) is 0 Å². The Hall–Kier alpha value is -3.90. The van der Waals surface area contributed by atoms with Gasteiger partial charge < -0.3 is 0 Å². The van der Waals surface area contributed by atoms with Crippen molar-refractivity contribution < 1.29 is 0 Å². The zero-order valence-corrected chi connectivity index (χ0v) is 20.5. The van der Waals surface area contributed by atoms with E-state index < -0.39 is 0 Å². The van der Waals surface area contributed by atoms with Crippen LogP contribution in [0.4, 0.5) is 0 Å². The average Bonchev–Trinajstić information content (AvgIpc) is 3.09. The highest BCUT2D eigenvalue weighted by atomic mass is 14.4. The van der Waals surface area contributed by atoms with Gasteiger partial charge in [0.05, 0.1) is 0 Å². The Bertz CT molecular complexity index is 1800.